The molecule has 4 heteroatoms. The van der Waals surface area contributed by atoms with Gasteiger partial charge in [-0.15, -0.1) is 0 Å². The molecule has 1 aromatic rings. The van der Waals surface area contributed by atoms with E-state index in [1.807, 2.05) is 18.2 Å². The third kappa shape index (κ3) is 3.44. The molecule has 1 heterocycles. The second kappa shape index (κ2) is 6.58. The van der Waals surface area contributed by atoms with Crippen molar-refractivity contribution in [3.8, 4) is 0 Å². The highest BCUT2D eigenvalue weighted by atomic mass is 16.8. The van der Waals surface area contributed by atoms with Crippen LogP contribution in [0.15, 0.2) is 30.3 Å². The van der Waals surface area contributed by atoms with Gasteiger partial charge in [0.15, 0.2) is 5.79 Å². The predicted octanol–water partition coefficient (Wildman–Crippen LogP) is 2.85. The molecular weight excluding hydrogens is 268 g/mol. The number of carbonyl (C=O) groups excluding carboxylic acids is 1. The van der Waals surface area contributed by atoms with Gasteiger partial charge in [-0.25, -0.2) is 0 Å². The van der Waals surface area contributed by atoms with Gasteiger partial charge in [0.05, 0.1) is 18.8 Å². The Bertz CT molecular complexity index is 453. The summed E-state index contributed by atoms with van der Waals surface area (Å²) in [7, 11) is 0. The summed E-state index contributed by atoms with van der Waals surface area (Å²) in [6.45, 7) is 0.881. The van der Waals surface area contributed by atoms with E-state index in [0.29, 0.717) is 19.5 Å². The molecule has 1 spiro atoms. The quantitative estimate of drug-likeness (QED) is 0.597. The molecule has 2 atom stereocenters. The molecule has 3 rings (SSSR count). The highest BCUT2D eigenvalue weighted by Gasteiger charge is 2.48. The fraction of sp³-hybridized carbons (Fsp3) is 0.588. The number of hydrogen-bond acceptors (Lipinski definition) is 4. The van der Waals surface area contributed by atoms with Crippen molar-refractivity contribution in [1.29, 1.82) is 0 Å². The molecule has 114 valence electrons. The SMILES string of the molecule is O=COCC[C@H]1OC2(CCCC2)O[C@@H]1Cc1ccccc1. The van der Waals surface area contributed by atoms with E-state index in [9.17, 15) is 4.79 Å². The molecule has 1 saturated heterocycles. The number of hydrogen-bond donors (Lipinski definition) is 0. The maximum atomic E-state index is 10.3. The van der Waals surface area contributed by atoms with Crippen molar-refractivity contribution in [2.45, 2.75) is 56.5 Å². The zero-order valence-electron chi connectivity index (χ0n) is 12.2. The number of carbonyl (C=O) groups is 1. The Labute approximate surface area is 125 Å². The van der Waals surface area contributed by atoms with E-state index in [2.05, 4.69) is 12.1 Å². The Kier molecular flexibility index (Phi) is 4.56. The third-order valence-electron chi connectivity index (χ3n) is 4.38. The predicted molar refractivity (Wildman–Crippen MR) is 77.7 cm³/mol. The van der Waals surface area contributed by atoms with Gasteiger partial charge < -0.3 is 14.2 Å². The van der Waals surface area contributed by atoms with Crippen molar-refractivity contribution >= 4 is 6.47 Å². The molecule has 1 saturated carbocycles. The van der Waals surface area contributed by atoms with E-state index in [-0.39, 0.29) is 18.0 Å². The van der Waals surface area contributed by atoms with Gasteiger partial charge in [-0.05, 0) is 18.4 Å². The maximum Gasteiger partial charge on any atom is 0.293 e. The average molecular weight is 290 g/mol. The lowest BCUT2D eigenvalue weighted by Gasteiger charge is -2.22. The lowest BCUT2D eigenvalue weighted by molar-refractivity contribution is -0.170. The normalized spacial score (nSPS) is 27.0. The van der Waals surface area contributed by atoms with Gasteiger partial charge in [0.1, 0.15) is 0 Å². The Morgan fingerprint density at radius 1 is 1.14 bits per heavy atom. The molecule has 0 amide bonds. The van der Waals surface area contributed by atoms with E-state index in [1.165, 1.54) is 5.56 Å². The third-order valence-corrected chi connectivity index (χ3v) is 4.38. The lowest BCUT2D eigenvalue weighted by Crippen LogP contribution is -2.27. The second-order valence-corrected chi connectivity index (χ2v) is 5.88. The van der Waals surface area contributed by atoms with Gasteiger partial charge >= 0.3 is 0 Å². The van der Waals surface area contributed by atoms with Gasteiger partial charge in [-0.3, -0.25) is 4.79 Å². The molecule has 1 aliphatic heterocycles. The van der Waals surface area contributed by atoms with Crippen LogP contribution in [0.1, 0.15) is 37.7 Å². The largest absolute Gasteiger partial charge is 0.468 e. The molecule has 21 heavy (non-hydrogen) atoms. The molecule has 0 unspecified atom stereocenters. The zero-order valence-corrected chi connectivity index (χ0v) is 12.2. The molecule has 0 bridgehead atoms. The Balaban J connectivity index is 1.66. The van der Waals surface area contributed by atoms with Crippen LogP contribution in [0.25, 0.3) is 0 Å². The summed E-state index contributed by atoms with van der Waals surface area (Å²) < 4.78 is 17.3. The van der Waals surface area contributed by atoms with E-state index < -0.39 is 0 Å². The number of ether oxygens (including phenoxy) is 3. The van der Waals surface area contributed by atoms with Gasteiger partial charge in [0, 0.05) is 25.7 Å². The molecule has 4 nitrogen and oxygen atoms in total. The molecule has 1 aromatic carbocycles. The first-order valence-electron chi connectivity index (χ1n) is 7.76. The lowest BCUT2D eigenvalue weighted by atomic mass is 10.0. The van der Waals surface area contributed by atoms with Crippen molar-refractivity contribution in [2.75, 3.05) is 6.61 Å². The Hall–Kier alpha value is -1.39. The van der Waals surface area contributed by atoms with Gasteiger partial charge in [0.25, 0.3) is 6.47 Å². The summed E-state index contributed by atoms with van der Waals surface area (Å²) in [6, 6.07) is 10.3. The minimum Gasteiger partial charge on any atom is -0.468 e. The van der Waals surface area contributed by atoms with Crippen LogP contribution in [0.4, 0.5) is 0 Å². The first-order valence-corrected chi connectivity index (χ1v) is 7.76. The second-order valence-electron chi connectivity index (χ2n) is 5.88. The molecule has 2 fully saturated rings. The van der Waals surface area contributed by atoms with Crippen LogP contribution in [0.3, 0.4) is 0 Å². The van der Waals surface area contributed by atoms with Crippen molar-refractivity contribution in [3.63, 3.8) is 0 Å². The Morgan fingerprint density at radius 2 is 1.86 bits per heavy atom. The van der Waals surface area contributed by atoms with E-state index in [1.54, 1.807) is 0 Å². The van der Waals surface area contributed by atoms with Crippen LogP contribution in [0.2, 0.25) is 0 Å². The van der Waals surface area contributed by atoms with E-state index >= 15 is 0 Å². The van der Waals surface area contributed by atoms with Crippen molar-refractivity contribution < 1.29 is 19.0 Å². The Morgan fingerprint density at radius 3 is 2.57 bits per heavy atom. The zero-order chi connectivity index (χ0) is 14.5. The van der Waals surface area contributed by atoms with Crippen LogP contribution in [-0.4, -0.2) is 31.1 Å². The summed E-state index contributed by atoms with van der Waals surface area (Å²) in [6.07, 6.45) is 5.86. The van der Waals surface area contributed by atoms with Crippen molar-refractivity contribution in [3.05, 3.63) is 35.9 Å². The van der Waals surface area contributed by atoms with Crippen LogP contribution >= 0.6 is 0 Å². The topological polar surface area (TPSA) is 44.8 Å². The van der Waals surface area contributed by atoms with Crippen molar-refractivity contribution in [2.24, 2.45) is 0 Å². The monoisotopic (exact) mass is 290 g/mol. The number of rotatable bonds is 6. The summed E-state index contributed by atoms with van der Waals surface area (Å²) in [4.78, 5) is 10.3. The first-order chi connectivity index (χ1) is 10.3. The summed E-state index contributed by atoms with van der Waals surface area (Å²) in [5, 5.41) is 0. The minimum absolute atomic E-state index is 0.00301. The molecule has 1 aliphatic carbocycles. The van der Waals surface area contributed by atoms with Crippen LogP contribution < -0.4 is 0 Å². The molecule has 0 radical (unpaired) electrons. The van der Waals surface area contributed by atoms with Crippen LogP contribution in [-0.2, 0) is 25.4 Å². The van der Waals surface area contributed by atoms with Crippen LogP contribution in [0, 0.1) is 0 Å². The standard InChI is InChI=1S/C17H22O4/c18-13-19-11-8-15-16(12-14-6-2-1-3-7-14)21-17(20-15)9-4-5-10-17/h1-3,6-7,13,15-16H,4-5,8-12H2/t15-,16-/m1/s1. The highest BCUT2D eigenvalue weighted by Crippen LogP contribution is 2.43. The smallest absolute Gasteiger partial charge is 0.293 e. The summed E-state index contributed by atoms with van der Waals surface area (Å²) in [5.74, 6) is -0.384. The van der Waals surface area contributed by atoms with Crippen molar-refractivity contribution in [1.82, 2.24) is 0 Å². The molecule has 2 aliphatic rings. The fourth-order valence-electron chi connectivity index (χ4n) is 3.38. The summed E-state index contributed by atoms with van der Waals surface area (Å²) in [5.41, 5.74) is 1.25. The fourth-order valence-corrected chi connectivity index (χ4v) is 3.38. The molecular formula is C17H22O4. The van der Waals surface area contributed by atoms with Gasteiger partial charge in [0.2, 0.25) is 0 Å². The van der Waals surface area contributed by atoms with E-state index in [4.69, 9.17) is 14.2 Å². The molecule has 0 N–H and O–H groups in total. The molecule has 0 aromatic heterocycles. The average Bonchev–Trinajstić information content (AvgIpc) is 3.08. The number of benzene rings is 1. The van der Waals surface area contributed by atoms with Gasteiger partial charge in [-0.2, -0.15) is 0 Å². The maximum absolute atomic E-state index is 10.3. The summed E-state index contributed by atoms with van der Waals surface area (Å²) >= 11 is 0. The van der Waals surface area contributed by atoms with E-state index in [0.717, 1.165) is 32.1 Å². The van der Waals surface area contributed by atoms with Gasteiger partial charge in [-0.1, -0.05) is 30.3 Å². The highest BCUT2D eigenvalue weighted by molar-refractivity contribution is 5.36. The first kappa shape index (κ1) is 14.5. The van der Waals surface area contributed by atoms with Crippen LogP contribution in [0.5, 0.6) is 0 Å². The minimum atomic E-state index is -0.384.